The molecule has 2 aromatic carbocycles. The van der Waals surface area contributed by atoms with Gasteiger partial charge in [0.1, 0.15) is 17.5 Å². The number of pyridine rings is 1. The van der Waals surface area contributed by atoms with Gasteiger partial charge in [-0.25, -0.2) is 14.4 Å². The molecule has 1 aliphatic heterocycles. The van der Waals surface area contributed by atoms with Crippen molar-refractivity contribution in [3.63, 3.8) is 0 Å². The summed E-state index contributed by atoms with van der Waals surface area (Å²) in [4.78, 5) is 28.1. The Hall–Kier alpha value is -3.85. The van der Waals surface area contributed by atoms with E-state index in [1.807, 2.05) is 25.1 Å². The van der Waals surface area contributed by atoms with Crippen LogP contribution < -0.4 is 21.3 Å². The monoisotopic (exact) mass is 767 g/mol. The number of hydrogen-bond acceptors (Lipinski definition) is 10. The number of nitrogens with zero attached hydrogens (tertiary/aromatic N) is 3. The normalized spacial score (nSPS) is 13.6. The quantitative estimate of drug-likeness (QED) is 0.0667. The number of carbonyl (C=O) groups excluding carboxylic acids is 1. The molecule has 3 heterocycles. The highest BCUT2D eigenvalue weighted by atomic mass is 35.5. The standard InChI is InChI=1S/C40H55ClFN7O5/c1-27(2)8-14-51-16-18-53-20-21-54-19-17-52-15-9-36(50)44-10-11-45-39-37(40-47-34-5-4-30(41)25-35(34)48-40)38(49-12-6-32(43)7-13-49)33(26-46-39)29-22-28(3)23-31(42)24-29/h4-5,22-27,32H,6-21,43H2,1-3H3,(H,44,50)(H,45,46)(H,47,48). The van der Waals surface area contributed by atoms with Crippen LogP contribution in [0.15, 0.2) is 42.6 Å². The zero-order valence-electron chi connectivity index (χ0n) is 31.7. The van der Waals surface area contributed by atoms with E-state index in [0.29, 0.717) is 81.9 Å². The summed E-state index contributed by atoms with van der Waals surface area (Å²) >= 11 is 6.33. The lowest BCUT2D eigenvalue weighted by Crippen LogP contribution is -2.40. The highest BCUT2D eigenvalue weighted by molar-refractivity contribution is 6.31. The van der Waals surface area contributed by atoms with E-state index in [4.69, 9.17) is 46.3 Å². The molecule has 1 saturated heterocycles. The minimum Gasteiger partial charge on any atom is -0.379 e. The number of anilines is 2. The highest BCUT2D eigenvalue weighted by Crippen LogP contribution is 2.44. The predicted molar refractivity (Wildman–Crippen MR) is 213 cm³/mol. The van der Waals surface area contributed by atoms with Gasteiger partial charge >= 0.3 is 0 Å². The number of nitrogens with one attached hydrogen (secondary N) is 3. The number of benzene rings is 2. The maximum Gasteiger partial charge on any atom is 0.222 e. The van der Waals surface area contributed by atoms with E-state index in [9.17, 15) is 9.18 Å². The largest absolute Gasteiger partial charge is 0.379 e. The number of ether oxygens (including phenoxy) is 4. The second-order valence-electron chi connectivity index (χ2n) is 14.0. The summed E-state index contributed by atoms with van der Waals surface area (Å²) in [6.45, 7) is 12.4. The topological polar surface area (TPSA) is 149 Å². The number of aryl methyl sites for hydroxylation is 1. The molecule has 1 amide bonds. The molecule has 0 radical (unpaired) electrons. The van der Waals surface area contributed by atoms with Crippen molar-refractivity contribution in [2.45, 2.75) is 52.5 Å². The summed E-state index contributed by atoms with van der Waals surface area (Å²) in [6, 6.07) is 10.6. The van der Waals surface area contributed by atoms with Gasteiger partial charge in [-0.1, -0.05) is 31.5 Å². The molecule has 1 fully saturated rings. The van der Waals surface area contributed by atoms with E-state index in [0.717, 1.165) is 77.9 Å². The lowest BCUT2D eigenvalue weighted by Gasteiger charge is -2.35. The maximum atomic E-state index is 14.8. The average Bonchev–Trinajstić information content (AvgIpc) is 3.56. The van der Waals surface area contributed by atoms with E-state index in [1.54, 1.807) is 12.3 Å². The van der Waals surface area contributed by atoms with Crippen LogP contribution in [0, 0.1) is 18.7 Å². The van der Waals surface area contributed by atoms with E-state index >= 15 is 0 Å². The van der Waals surface area contributed by atoms with E-state index in [-0.39, 0.29) is 24.2 Å². The third-order valence-electron chi connectivity index (χ3n) is 9.11. The average molecular weight is 768 g/mol. The first-order chi connectivity index (χ1) is 26.2. The second-order valence-corrected chi connectivity index (χ2v) is 14.4. The third-order valence-corrected chi connectivity index (χ3v) is 9.34. The minimum absolute atomic E-state index is 0.111. The first-order valence-electron chi connectivity index (χ1n) is 19.0. The van der Waals surface area contributed by atoms with Crippen molar-refractivity contribution in [1.82, 2.24) is 20.3 Å². The number of aromatic amines is 1. The SMILES string of the molecule is Cc1cc(F)cc(-c2cnc(NCCNC(=O)CCOCCOCCOCCOCCC(C)C)c(-c3nc4ccc(Cl)cc4[nH]3)c2N2CCC(N)CC2)c1. The van der Waals surface area contributed by atoms with Gasteiger partial charge in [0.05, 0.1) is 68.5 Å². The molecule has 4 aromatic rings. The number of halogens is 2. The lowest BCUT2D eigenvalue weighted by molar-refractivity contribution is -0.122. The first-order valence-corrected chi connectivity index (χ1v) is 19.3. The molecule has 0 spiro atoms. The summed E-state index contributed by atoms with van der Waals surface area (Å²) in [5.74, 6) is 1.38. The van der Waals surface area contributed by atoms with Crippen LogP contribution in [0.25, 0.3) is 33.5 Å². The third kappa shape index (κ3) is 12.6. The molecule has 0 saturated carbocycles. The van der Waals surface area contributed by atoms with Gasteiger partial charge in [0.15, 0.2) is 0 Å². The Morgan fingerprint density at radius 2 is 1.67 bits per heavy atom. The molecule has 0 bridgehead atoms. The lowest BCUT2D eigenvalue weighted by atomic mass is 9.96. The van der Waals surface area contributed by atoms with Crippen LogP contribution in [0.3, 0.4) is 0 Å². The predicted octanol–water partition coefficient (Wildman–Crippen LogP) is 6.35. The molecule has 294 valence electrons. The number of rotatable bonds is 22. The zero-order chi connectivity index (χ0) is 38.3. The van der Waals surface area contributed by atoms with Crippen LogP contribution in [-0.4, -0.2) is 106 Å². The molecular formula is C40H55ClFN7O5. The Balaban J connectivity index is 1.16. The summed E-state index contributed by atoms with van der Waals surface area (Å²) in [7, 11) is 0. The Labute approximate surface area is 322 Å². The van der Waals surface area contributed by atoms with Crippen molar-refractivity contribution in [1.29, 1.82) is 0 Å². The molecular weight excluding hydrogens is 713 g/mol. The van der Waals surface area contributed by atoms with Gasteiger partial charge in [0.25, 0.3) is 0 Å². The molecule has 12 nitrogen and oxygen atoms in total. The Bertz CT molecular complexity index is 1760. The molecule has 5 rings (SSSR count). The number of H-pyrrole nitrogens is 1. The summed E-state index contributed by atoms with van der Waals surface area (Å²) in [5.41, 5.74) is 11.8. The van der Waals surface area contributed by atoms with E-state index < -0.39 is 0 Å². The molecule has 14 heteroatoms. The number of nitrogens with two attached hydrogens (primary N) is 1. The Kier molecular flexibility index (Phi) is 16.3. The minimum atomic E-state index is -0.316. The van der Waals surface area contributed by atoms with Gasteiger partial charge in [0.2, 0.25) is 5.91 Å². The summed E-state index contributed by atoms with van der Waals surface area (Å²) < 4.78 is 36.9. The molecule has 5 N–H and O–H groups in total. The van der Waals surface area contributed by atoms with Crippen LogP contribution in [0.5, 0.6) is 0 Å². The number of piperidine rings is 1. The van der Waals surface area contributed by atoms with Gasteiger partial charge in [-0.15, -0.1) is 0 Å². The van der Waals surface area contributed by atoms with Crippen molar-refractivity contribution in [3.05, 3.63) is 59.0 Å². The number of carbonyl (C=O) groups is 1. The number of aromatic nitrogens is 3. The summed E-state index contributed by atoms with van der Waals surface area (Å²) in [6.07, 6.45) is 4.69. The van der Waals surface area contributed by atoms with Crippen LogP contribution >= 0.6 is 11.6 Å². The maximum absolute atomic E-state index is 14.8. The van der Waals surface area contributed by atoms with Gasteiger partial charge < -0.3 is 45.2 Å². The van der Waals surface area contributed by atoms with Crippen molar-refractivity contribution in [3.8, 4) is 22.5 Å². The van der Waals surface area contributed by atoms with Crippen LogP contribution in [0.1, 0.15) is 45.1 Å². The smallest absolute Gasteiger partial charge is 0.222 e. The molecule has 54 heavy (non-hydrogen) atoms. The van der Waals surface area contributed by atoms with Crippen molar-refractivity contribution < 1.29 is 28.1 Å². The second kappa shape index (κ2) is 21.3. The fraction of sp³-hybridized carbons (Fsp3) is 0.525. The molecule has 1 aliphatic rings. The highest BCUT2D eigenvalue weighted by Gasteiger charge is 2.27. The van der Waals surface area contributed by atoms with Crippen LogP contribution in [0.2, 0.25) is 5.02 Å². The Morgan fingerprint density at radius 1 is 0.981 bits per heavy atom. The first kappa shape index (κ1) is 41.3. The van der Waals surface area contributed by atoms with Gasteiger partial charge in [-0.05, 0) is 73.6 Å². The van der Waals surface area contributed by atoms with Crippen LogP contribution in [-0.2, 0) is 23.7 Å². The van der Waals surface area contributed by atoms with E-state index in [1.165, 1.54) is 12.1 Å². The number of fused-ring (bicyclic) bond motifs is 1. The van der Waals surface area contributed by atoms with Crippen molar-refractivity contribution in [2.75, 3.05) is 89.3 Å². The van der Waals surface area contributed by atoms with Crippen molar-refractivity contribution >= 4 is 40.0 Å². The number of imidazole rings is 1. The van der Waals surface area contributed by atoms with Gasteiger partial charge in [-0.3, -0.25) is 4.79 Å². The molecule has 0 atom stereocenters. The number of hydrogen-bond donors (Lipinski definition) is 4. The van der Waals surface area contributed by atoms with Gasteiger partial charge in [-0.2, -0.15) is 0 Å². The van der Waals surface area contributed by atoms with Crippen molar-refractivity contribution in [2.24, 2.45) is 11.7 Å². The summed E-state index contributed by atoms with van der Waals surface area (Å²) in [5, 5.41) is 6.97. The molecule has 2 aromatic heterocycles. The van der Waals surface area contributed by atoms with Gasteiger partial charge in [0, 0.05) is 62.0 Å². The van der Waals surface area contributed by atoms with Crippen LogP contribution in [0.4, 0.5) is 15.9 Å². The fourth-order valence-corrected chi connectivity index (χ4v) is 6.40. The molecule has 0 aliphatic carbocycles. The fourth-order valence-electron chi connectivity index (χ4n) is 6.23. The zero-order valence-corrected chi connectivity index (χ0v) is 32.5. The molecule has 0 unspecified atom stereocenters. The Morgan fingerprint density at radius 3 is 2.35 bits per heavy atom. The van der Waals surface area contributed by atoms with E-state index in [2.05, 4.69) is 34.4 Å². The number of amides is 1.